The van der Waals surface area contributed by atoms with Crippen molar-refractivity contribution >= 4 is 0 Å². The van der Waals surface area contributed by atoms with Crippen molar-refractivity contribution in [3.8, 4) is 0 Å². The van der Waals surface area contributed by atoms with Crippen LogP contribution in [0.4, 0.5) is 0 Å². The smallest absolute Gasteiger partial charge is 0.328 e. The lowest BCUT2D eigenvalue weighted by Crippen LogP contribution is -2.35. The lowest BCUT2D eigenvalue weighted by molar-refractivity contribution is 0.00516. The molecule has 1 saturated heterocycles. The Balaban J connectivity index is 2.17. The second kappa shape index (κ2) is 4.65. The van der Waals surface area contributed by atoms with Crippen molar-refractivity contribution in [1.82, 2.24) is 9.55 Å². The summed E-state index contributed by atoms with van der Waals surface area (Å²) < 4.78 is 7.08. The lowest BCUT2D eigenvalue weighted by atomic mass is 10.1. The molecule has 0 bridgehead atoms. The number of nitrogens with one attached hydrogen (secondary N) is 1. The summed E-state index contributed by atoms with van der Waals surface area (Å²) in [5.74, 6) is 0. The SMILES string of the molecule is Cc1cn(CC2CCCCO2)c(=O)[nH]c1=O. The van der Waals surface area contributed by atoms with Crippen molar-refractivity contribution in [1.29, 1.82) is 0 Å². The molecule has 1 unspecified atom stereocenters. The number of aromatic nitrogens is 2. The van der Waals surface area contributed by atoms with Crippen LogP contribution in [0.2, 0.25) is 0 Å². The number of ether oxygens (including phenoxy) is 1. The molecule has 5 nitrogen and oxygen atoms in total. The van der Waals surface area contributed by atoms with Crippen LogP contribution in [-0.2, 0) is 11.3 Å². The van der Waals surface area contributed by atoms with Gasteiger partial charge < -0.3 is 4.74 Å². The van der Waals surface area contributed by atoms with Gasteiger partial charge in [0.05, 0.1) is 12.6 Å². The summed E-state index contributed by atoms with van der Waals surface area (Å²) in [6.45, 7) is 2.98. The minimum absolute atomic E-state index is 0.0942. The highest BCUT2D eigenvalue weighted by atomic mass is 16.5. The van der Waals surface area contributed by atoms with Crippen LogP contribution in [0.25, 0.3) is 0 Å². The number of hydrogen-bond donors (Lipinski definition) is 1. The Kier molecular flexibility index (Phi) is 3.24. The molecule has 1 atom stereocenters. The topological polar surface area (TPSA) is 64.1 Å². The average Bonchev–Trinajstić information content (AvgIpc) is 2.27. The molecule has 1 fully saturated rings. The van der Waals surface area contributed by atoms with E-state index in [1.807, 2.05) is 0 Å². The molecule has 88 valence electrons. The quantitative estimate of drug-likeness (QED) is 0.791. The molecule has 0 radical (unpaired) electrons. The van der Waals surface area contributed by atoms with Crippen molar-refractivity contribution in [3.05, 3.63) is 32.6 Å². The average molecular weight is 224 g/mol. The fourth-order valence-electron chi connectivity index (χ4n) is 1.92. The Morgan fingerprint density at radius 2 is 2.31 bits per heavy atom. The molecule has 16 heavy (non-hydrogen) atoms. The summed E-state index contributed by atoms with van der Waals surface area (Å²) in [5.41, 5.74) is -0.119. The van der Waals surface area contributed by atoms with Gasteiger partial charge in [0.15, 0.2) is 0 Å². The lowest BCUT2D eigenvalue weighted by Gasteiger charge is -2.23. The van der Waals surface area contributed by atoms with Crippen LogP contribution in [0.15, 0.2) is 15.8 Å². The molecule has 1 aliphatic rings. The third-order valence-electron chi connectivity index (χ3n) is 2.86. The second-order valence-electron chi connectivity index (χ2n) is 4.21. The molecule has 0 amide bonds. The van der Waals surface area contributed by atoms with Gasteiger partial charge in [-0.2, -0.15) is 0 Å². The second-order valence-corrected chi connectivity index (χ2v) is 4.21. The number of H-pyrrole nitrogens is 1. The molecule has 2 rings (SSSR count). The van der Waals surface area contributed by atoms with Crippen LogP contribution >= 0.6 is 0 Å². The normalized spacial score (nSPS) is 20.9. The molecule has 0 spiro atoms. The Bertz CT molecular complexity index is 469. The Morgan fingerprint density at radius 3 is 3.00 bits per heavy atom. The Labute approximate surface area is 93.1 Å². The molecule has 0 aliphatic carbocycles. The molecule has 1 aliphatic heterocycles. The number of hydrogen-bond acceptors (Lipinski definition) is 3. The maximum Gasteiger partial charge on any atom is 0.328 e. The van der Waals surface area contributed by atoms with E-state index in [-0.39, 0.29) is 17.4 Å². The minimum Gasteiger partial charge on any atom is -0.376 e. The highest BCUT2D eigenvalue weighted by molar-refractivity contribution is 5.00. The van der Waals surface area contributed by atoms with Gasteiger partial charge in [-0.25, -0.2) is 4.79 Å². The van der Waals surface area contributed by atoms with E-state index in [0.29, 0.717) is 12.1 Å². The highest BCUT2D eigenvalue weighted by Crippen LogP contribution is 2.13. The molecule has 5 heteroatoms. The summed E-state index contributed by atoms with van der Waals surface area (Å²) in [6.07, 6.45) is 4.90. The van der Waals surface area contributed by atoms with Crippen molar-refractivity contribution in [3.63, 3.8) is 0 Å². The zero-order valence-corrected chi connectivity index (χ0v) is 9.36. The minimum atomic E-state index is -0.357. The van der Waals surface area contributed by atoms with Crippen LogP contribution < -0.4 is 11.2 Å². The molecule has 0 aromatic carbocycles. The largest absolute Gasteiger partial charge is 0.376 e. The van der Waals surface area contributed by atoms with Crippen LogP contribution in [0, 0.1) is 6.92 Å². The van der Waals surface area contributed by atoms with Crippen molar-refractivity contribution in [2.75, 3.05) is 6.61 Å². The molecule has 1 N–H and O–H groups in total. The number of nitrogens with zero attached hydrogens (tertiary/aromatic N) is 1. The van der Waals surface area contributed by atoms with E-state index in [1.54, 1.807) is 13.1 Å². The van der Waals surface area contributed by atoms with Crippen LogP contribution in [0.3, 0.4) is 0 Å². The number of rotatable bonds is 2. The van der Waals surface area contributed by atoms with Crippen molar-refractivity contribution in [2.24, 2.45) is 0 Å². The summed E-state index contributed by atoms with van der Waals surface area (Å²) in [5, 5.41) is 0. The van der Waals surface area contributed by atoms with Crippen LogP contribution in [0.1, 0.15) is 24.8 Å². The third kappa shape index (κ3) is 2.41. The van der Waals surface area contributed by atoms with Crippen molar-refractivity contribution < 1.29 is 4.74 Å². The van der Waals surface area contributed by atoms with Gasteiger partial charge in [-0.05, 0) is 26.2 Å². The maximum atomic E-state index is 11.5. The van der Waals surface area contributed by atoms with E-state index in [4.69, 9.17) is 4.74 Å². The van der Waals surface area contributed by atoms with E-state index in [1.165, 1.54) is 4.57 Å². The Hall–Kier alpha value is -1.36. The van der Waals surface area contributed by atoms with Gasteiger partial charge in [-0.1, -0.05) is 0 Å². The summed E-state index contributed by atoms with van der Waals surface area (Å²) in [4.78, 5) is 25.0. The predicted molar refractivity (Wildman–Crippen MR) is 59.7 cm³/mol. The van der Waals surface area contributed by atoms with Gasteiger partial charge in [-0.15, -0.1) is 0 Å². The molecule has 1 aromatic heterocycles. The number of aromatic amines is 1. The van der Waals surface area contributed by atoms with E-state index in [0.717, 1.165) is 25.9 Å². The highest BCUT2D eigenvalue weighted by Gasteiger charge is 2.15. The van der Waals surface area contributed by atoms with Gasteiger partial charge >= 0.3 is 5.69 Å². The van der Waals surface area contributed by atoms with E-state index < -0.39 is 0 Å². The predicted octanol–water partition coefficient (Wildman–Crippen LogP) is 0.414. The van der Waals surface area contributed by atoms with Crippen LogP contribution in [-0.4, -0.2) is 22.3 Å². The first-order valence-electron chi connectivity index (χ1n) is 5.59. The first-order valence-corrected chi connectivity index (χ1v) is 5.59. The van der Waals surface area contributed by atoms with E-state index in [2.05, 4.69) is 4.98 Å². The summed E-state index contributed by atoms with van der Waals surface area (Å²) >= 11 is 0. The van der Waals surface area contributed by atoms with Gasteiger partial charge in [0.2, 0.25) is 0 Å². The molecular formula is C11H16N2O3. The van der Waals surface area contributed by atoms with Crippen LogP contribution in [0.5, 0.6) is 0 Å². The Morgan fingerprint density at radius 1 is 1.50 bits per heavy atom. The maximum absolute atomic E-state index is 11.5. The van der Waals surface area contributed by atoms with Gasteiger partial charge in [0.25, 0.3) is 5.56 Å². The fraction of sp³-hybridized carbons (Fsp3) is 0.636. The monoisotopic (exact) mass is 224 g/mol. The van der Waals surface area contributed by atoms with E-state index in [9.17, 15) is 9.59 Å². The van der Waals surface area contributed by atoms with Gasteiger partial charge in [0, 0.05) is 18.4 Å². The van der Waals surface area contributed by atoms with E-state index >= 15 is 0 Å². The third-order valence-corrected chi connectivity index (χ3v) is 2.86. The van der Waals surface area contributed by atoms with Gasteiger partial charge in [0.1, 0.15) is 0 Å². The first kappa shape index (κ1) is 11.1. The molecular weight excluding hydrogens is 208 g/mol. The fourth-order valence-corrected chi connectivity index (χ4v) is 1.92. The summed E-state index contributed by atoms with van der Waals surface area (Å²) in [7, 11) is 0. The van der Waals surface area contributed by atoms with Gasteiger partial charge in [-0.3, -0.25) is 14.3 Å². The van der Waals surface area contributed by atoms with Crippen molar-refractivity contribution in [2.45, 2.75) is 38.8 Å². The first-order chi connectivity index (χ1) is 7.66. The summed E-state index contributed by atoms with van der Waals surface area (Å²) in [6, 6.07) is 0. The number of aryl methyl sites for hydroxylation is 1. The molecule has 2 heterocycles. The zero-order valence-electron chi connectivity index (χ0n) is 9.36. The molecule has 0 saturated carbocycles. The zero-order chi connectivity index (χ0) is 11.5. The standard InChI is InChI=1S/C11H16N2O3/c1-8-6-13(11(15)12-10(8)14)7-9-4-2-3-5-16-9/h6,9H,2-5,7H2,1H3,(H,12,14,15). The molecule has 1 aromatic rings.